The van der Waals surface area contributed by atoms with Gasteiger partial charge in [-0.25, -0.2) is 4.39 Å². The smallest absolute Gasteiger partial charge is 0.123 e. The fourth-order valence-corrected chi connectivity index (χ4v) is 3.38. The second-order valence-corrected chi connectivity index (χ2v) is 6.52. The van der Waals surface area contributed by atoms with Crippen LogP contribution in [0, 0.1) is 11.7 Å². The molecule has 0 bridgehead atoms. The van der Waals surface area contributed by atoms with Gasteiger partial charge in [0.25, 0.3) is 0 Å². The Balaban J connectivity index is 1.69. The summed E-state index contributed by atoms with van der Waals surface area (Å²) >= 11 is 0. The van der Waals surface area contributed by atoms with Crippen LogP contribution in [0.1, 0.15) is 18.9 Å². The standard InChI is InChI=1S/C18H25FN4/c1-3-23(12-14-8-9-22(2)11-14)13-16-10-20-21-18(16)15-4-6-17(19)7-5-15/h4-7,10,14H,3,8-9,11-13H2,1-2H3,(H,20,21)/t14-/m0/s1. The molecule has 0 saturated carbocycles. The van der Waals surface area contributed by atoms with Gasteiger partial charge in [-0.15, -0.1) is 0 Å². The second-order valence-electron chi connectivity index (χ2n) is 6.52. The van der Waals surface area contributed by atoms with Gasteiger partial charge in [-0.1, -0.05) is 6.92 Å². The molecule has 2 heterocycles. The maximum absolute atomic E-state index is 13.1. The number of benzene rings is 1. The highest BCUT2D eigenvalue weighted by molar-refractivity contribution is 5.62. The first kappa shape index (κ1) is 16.1. The van der Waals surface area contributed by atoms with Gasteiger partial charge in [-0.2, -0.15) is 5.10 Å². The van der Waals surface area contributed by atoms with Crippen molar-refractivity contribution in [3.8, 4) is 11.3 Å². The van der Waals surface area contributed by atoms with Gasteiger partial charge in [0.2, 0.25) is 0 Å². The van der Waals surface area contributed by atoms with Crippen LogP contribution >= 0.6 is 0 Å². The van der Waals surface area contributed by atoms with Crippen molar-refractivity contribution in [3.05, 3.63) is 41.8 Å². The SMILES string of the molecule is CCN(Cc1cn[nH]c1-c1ccc(F)cc1)C[C@H]1CCN(C)C1. The third-order valence-electron chi connectivity index (χ3n) is 4.70. The Morgan fingerprint density at radius 2 is 2.13 bits per heavy atom. The Morgan fingerprint density at radius 3 is 2.78 bits per heavy atom. The molecule has 0 spiro atoms. The van der Waals surface area contributed by atoms with Gasteiger partial charge in [0.05, 0.1) is 11.9 Å². The predicted octanol–water partition coefficient (Wildman–Crippen LogP) is 2.99. The zero-order valence-electron chi connectivity index (χ0n) is 13.9. The quantitative estimate of drug-likeness (QED) is 0.890. The Bertz CT molecular complexity index is 622. The number of nitrogens with one attached hydrogen (secondary N) is 1. The van der Waals surface area contributed by atoms with E-state index in [4.69, 9.17) is 0 Å². The molecule has 1 saturated heterocycles. The lowest BCUT2D eigenvalue weighted by molar-refractivity contribution is 0.233. The average Bonchev–Trinajstić information content (AvgIpc) is 3.16. The van der Waals surface area contributed by atoms with E-state index < -0.39 is 0 Å². The highest BCUT2D eigenvalue weighted by Crippen LogP contribution is 2.23. The fraction of sp³-hybridized carbons (Fsp3) is 0.500. The van der Waals surface area contributed by atoms with Gasteiger partial charge in [-0.3, -0.25) is 10.00 Å². The summed E-state index contributed by atoms with van der Waals surface area (Å²) in [5.41, 5.74) is 3.15. The summed E-state index contributed by atoms with van der Waals surface area (Å²) in [6, 6.07) is 6.58. The molecule has 0 radical (unpaired) electrons. The number of halogens is 1. The molecular formula is C18H25FN4. The van der Waals surface area contributed by atoms with E-state index in [2.05, 4.69) is 34.0 Å². The molecule has 1 atom stereocenters. The first-order valence-corrected chi connectivity index (χ1v) is 8.34. The summed E-state index contributed by atoms with van der Waals surface area (Å²) < 4.78 is 13.1. The van der Waals surface area contributed by atoms with Gasteiger partial charge in [0, 0.05) is 30.8 Å². The van der Waals surface area contributed by atoms with Crippen molar-refractivity contribution in [2.75, 3.05) is 33.2 Å². The summed E-state index contributed by atoms with van der Waals surface area (Å²) in [4.78, 5) is 4.88. The minimum absolute atomic E-state index is 0.213. The summed E-state index contributed by atoms with van der Waals surface area (Å²) in [5.74, 6) is 0.538. The molecule has 1 aromatic heterocycles. The van der Waals surface area contributed by atoms with Crippen molar-refractivity contribution in [1.82, 2.24) is 20.0 Å². The van der Waals surface area contributed by atoms with Crippen LogP contribution in [0.3, 0.4) is 0 Å². The molecule has 1 aliphatic heterocycles. The van der Waals surface area contributed by atoms with Crippen molar-refractivity contribution >= 4 is 0 Å². The number of aromatic nitrogens is 2. The maximum atomic E-state index is 13.1. The van der Waals surface area contributed by atoms with E-state index in [1.807, 2.05) is 6.20 Å². The van der Waals surface area contributed by atoms with Crippen molar-refractivity contribution in [1.29, 1.82) is 0 Å². The zero-order valence-corrected chi connectivity index (χ0v) is 13.9. The molecule has 1 aromatic carbocycles. The monoisotopic (exact) mass is 316 g/mol. The summed E-state index contributed by atoms with van der Waals surface area (Å²) in [6.45, 7) is 7.61. The second kappa shape index (κ2) is 7.23. The molecule has 23 heavy (non-hydrogen) atoms. The Labute approximate surface area is 137 Å². The fourth-order valence-electron chi connectivity index (χ4n) is 3.38. The van der Waals surface area contributed by atoms with Gasteiger partial charge in [-0.05, 0) is 56.7 Å². The zero-order chi connectivity index (χ0) is 16.2. The Kier molecular flexibility index (Phi) is 5.08. The number of aromatic amines is 1. The highest BCUT2D eigenvalue weighted by atomic mass is 19.1. The molecule has 0 unspecified atom stereocenters. The van der Waals surface area contributed by atoms with Crippen LogP contribution in [0.15, 0.2) is 30.5 Å². The molecule has 0 aliphatic carbocycles. The van der Waals surface area contributed by atoms with Crippen LogP contribution in [-0.2, 0) is 6.54 Å². The van der Waals surface area contributed by atoms with Crippen LogP contribution in [0.5, 0.6) is 0 Å². The maximum Gasteiger partial charge on any atom is 0.123 e. The number of rotatable bonds is 6. The van der Waals surface area contributed by atoms with E-state index in [0.29, 0.717) is 0 Å². The minimum Gasteiger partial charge on any atom is -0.306 e. The molecule has 0 amide bonds. The number of hydrogen-bond donors (Lipinski definition) is 1. The van der Waals surface area contributed by atoms with E-state index in [0.717, 1.165) is 36.8 Å². The van der Waals surface area contributed by atoms with Gasteiger partial charge >= 0.3 is 0 Å². The van der Waals surface area contributed by atoms with Crippen LogP contribution in [0.25, 0.3) is 11.3 Å². The van der Waals surface area contributed by atoms with Crippen molar-refractivity contribution < 1.29 is 4.39 Å². The molecule has 4 nitrogen and oxygen atoms in total. The number of nitrogens with zero attached hydrogens (tertiary/aromatic N) is 3. The molecule has 1 N–H and O–H groups in total. The van der Waals surface area contributed by atoms with Gasteiger partial charge < -0.3 is 4.90 Å². The normalized spacial score (nSPS) is 18.9. The first-order valence-electron chi connectivity index (χ1n) is 8.34. The topological polar surface area (TPSA) is 35.2 Å². The average molecular weight is 316 g/mol. The molecular weight excluding hydrogens is 291 g/mol. The molecule has 2 aromatic rings. The van der Waals surface area contributed by atoms with E-state index >= 15 is 0 Å². The van der Waals surface area contributed by atoms with E-state index in [1.165, 1.54) is 37.2 Å². The van der Waals surface area contributed by atoms with E-state index in [-0.39, 0.29) is 5.82 Å². The van der Waals surface area contributed by atoms with Crippen LogP contribution in [0.4, 0.5) is 4.39 Å². The van der Waals surface area contributed by atoms with Crippen LogP contribution in [0.2, 0.25) is 0 Å². The Hall–Kier alpha value is -1.72. The third-order valence-corrected chi connectivity index (χ3v) is 4.70. The van der Waals surface area contributed by atoms with Crippen molar-refractivity contribution in [3.63, 3.8) is 0 Å². The lowest BCUT2D eigenvalue weighted by Crippen LogP contribution is -2.30. The Morgan fingerprint density at radius 1 is 1.35 bits per heavy atom. The molecule has 5 heteroatoms. The van der Waals surface area contributed by atoms with Gasteiger partial charge in [0.15, 0.2) is 0 Å². The lowest BCUT2D eigenvalue weighted by Gasteiger charge is -2.24. The highest BCUT2D eigenvalue weighted by Gasteiger charge is 2.22. The molecule has 1 fully saturated rings. The molecule has 3 rings (SSSR count). The van der Waals surface area contributed by atoms with Crippen molar-refractivity contribution in [2.24, 2.45) is 5.92 Å². The summed E-state index contributed by atoms with van der Waals surface area (Å²) in [5, 5.41) is 7.26. The largest absolute Gasteiger partial charge is 0.306 e. The predicted molar refractivity (Wildman–Crippen MR) is 90.5 cm³/mol. The molecule has 1 aliphatic rings. The van der Waals surface area contributed by atoms with Crippen LogP contribution < -0.4 is 0 Å². The summed E-state index contributed by atoms with van der Waals surface area (Å²) in [6.07, 6.45) is 3.17. The van der Waals surface area contributed by atoms with E-state index in [1.54, 1.807) is 12.1 Å². The van der Waals surface area contributed by atoms with E-state index in [9.17, 15) is 4.39 Å². The van der Waals surface area contributed by atoms with Crippen molar-refractivity contribution in [2.45, 2.75) is 19.9 Å². The first-order chi connectivity index (χ1) is 11.2. The van der Waals surface area contributed by atoms with Crippen LogP contribution in [-0.4, -0.2) is 53.2 Å². The summed E-state index contributed by atoms with van der Waals surface area (Å²) in [7, 11) is 2.19. The minimum atomic E-state index is -0.213. The lowest BCUT2D eigenvalue weighted by atomic mass is 10.1. The number of H-pyrrole nitrogens is 1. The number of likely N-dealkylation sites (tertiary alicyclic amines) is 1. The number of hydrogen-bond acceptors (Lipinski definition) is 3. The van der Waals surface area contributed by atoms with Gasteiger partial charge in [0.1, 0.15) is 5.82 Å². The third kappa shape index (κ3) is 3.98. The molecule has 124 valence electrons.